The summed E-state index contributed by atoms with van der Waals surface area (Å²) in [5.41, 5.74) is 5.38. The summed E-state index contributed by atoms with van der Waals surface area (Å²) in [5, 5.41) is 0. The summed E-state index contributed by atoms with van der Waals surface area (Å²) < 4.78 is 33.5. The molecule has 0 radical (unpaired) electrons. The molecule has 0 aromatic rings. The van der Waals surface area contributed by atoms with Gasteiger partial charge in [-0.2, -0.15) is 0 Å². The molecule has 0 aliphatic heterocycles. The molecule has 0 fully saturated rings. The molecule has 0 aromatic heterocycles. The Hall–Kier alpha value is -0.500. The van der Waals surface area contributed by atoms with Crippen LogP contribution >= 0.6 is 7.82 Å². The molecule has 0 heterocycles. The van der Waals surface area contributed by atoms with Crippen LogP contribution in [0.25, 0.3) is 0 Å². The van der Waals surface area contributed by atoms with E-state index in [4.69, 9.17) is 24.3 Å². The fourth-order valence-electron chi connectivity index (χ4n) is 7.59. The average molecular weight is 832 g/mol. The Morgan fingerprint density at radius 2 is 0.772 bits per heavy atom. The van der Waals surface area contributed by atoms with E-state index in [0.29, 0.717) is 13.0 Å². The molecule has 0 saturated carbocycles. The van der Waals surface area contributed by atoms with Gasteiger partial charge in [0.2, 0.25) is 0 Å². The van der Waals surface area contributed by atoms with E-state index >= 15 is 0 Å². The number of unbranched alkanes of at least 4 members (excludes halogenated alkanes) is 36. The first kappa shape index (κ1) is 56.5. The van der Waals surface area contributed by atoms with Crippen LogP contribution in [0.15, 0.2) is 0 Å². The molecular weight excluding hydrogens is 734 g/mol. The predicted molar refractivity (Wildman–Crippen MR) is 243 cm³/mol. The maximum atomic E-state index is 12.6. The highest BCUT2D eigenvalue weighted by Gasteiger charge is 2.25. The number of phosphoric acid groups is 1. The van der Waals surface area contributed by atoms with Crippen molar-refractivity contribution in [3.63, 3.8) is 0 Å². The summed E-state index contributed by atoms with van der Waals surface area (Å²) in [6.45, 7) is 4.99. The third-order valence-electron chi connectivity index (χ3n) is 11.3. The Morgan fingerprint density at radius 1 is 0.456 bits per heavy atom. The van der Waals surface area contributed by atoms with Gasteiger partial charge in [0.05, 0.1) is 19.8 Å². The van der Waals surface area contributed by atoms with Gasteiger partial charge in [-0.1, -0.05) is 245 Å². The summed E-state index contributed by atoms with van der Waals surface area (Å²) in [6, 6.07) is 0. The molecule has 2 atom stereocenters. The standard InChI is InChI=1S/C48H98NO7P/c1-3-5-7-9-11-13-15-17-18-19-20-21-22-23-24-25-26-27-28-29-30-32-34-36-38-40-43-53-45-47(46-55-57(51,52)54-44-42-49)56-48(50)41-39-37-35-33-31-16-14-12-10-8-6-4-2/h47H,3-46,49H2,1-2H3,(H,51,52). The van der Waals surface area contributed by atoms with Gasteiger partial charge in [0.15, 0.2) is 0 Å². The summed E-state index contributed by atoms with van der Waals surface area (Å²) in [5.74, 6) is -0.324. The van der Waals surface area contributed by atoms with Crippen molar-refractivity contribution in [1.82, 2.24) is 0 Å². The van der Waals surface area contributed by atoms with Crippen molar-refractivity contribution in [1.29, 1.82) is 0 Å². The van der Waals surface area contributed by atoms with Crippen LogP contribution in [0.1, 0.15) is 264 Å². The zero-order valence-corrected chi connectivity index (χ0v) is 39.0. The quantitative estimate of drug-likeness (QED) is 0.0354. The second-order valence-electron chi connectivity index (χ2n) is 17.1. The first-order valence-electron chi connectivity index (χ1n) is 25.0. The van der Waals surface area contributed by atoms with Crippen LogP contribution in [0.2, 0.25) is 0 Å². The molecule has 9 heteroatoms. The van der Waals surface area contributed by atoms with Crippen molar-refractivity contribution in [3.05, 3.63) is 0 Å². The predicted octanol–water partition coefficient (Wildman–Crippen LogP) is 15.3. The maximum absolute atomic E-state index is 12.6. The number of phosphoric ester groups is 1. The van der Waals surface area contributed by atoms with Crippen molar-refractivity contribution in [2.24, 2.45) is 5.73 Å². The van der Waals surface area contributed by atoms with Gasteiger partial charge in [0.1, 0.15) is 6.10 Å². The van der Waals surface area contributed by atoms with E-state index in [1.165, 1.54) is 212 Å². The fraction of sp³-hybridized carbons (Fsp3) is 0.979. The first-order valence-corrected chi connectivity index (χ1v) is 26.5. The molecule has 8 nitrogen and oxygen atoms in total. The van der Waals surface area contributed by atoms with E-state index in [1.807, 2.05) is 0 Å². The molecule has 0 aliphatic carbocycles. The van der Waals surface area contributed by atoms with Crippen LogP contribution in [0.3, 0.4) is 0 Å². The summed E-state index contributed by atoms with van der Waals surface area (Å²) in [4.78, 5) is 22.5. The molecule has 0 aromatic carbocycles. The molecule has 0 bridgehead atoms. The molecule has 0 saturated heterocycles. The van der Waals surface area contributed by atoms with E-state index < -0.39 is 13.9 Å². The molecule has 2 unspecified atom stereocenters. The normalized spacial score (nSPS) is 13.3. The minimum Gasteiger partial charge on any atom is -0.457 e. The number of carbonyl (C=O) groups excluding carboxylic acids is 1. The number of nitrogens with two attached hydrogens (primary N) is 1. The molecule has 0 aliphatic rings. The third kappa shape index (κ3) is 46.4. The minimum absolute atomic E-state index is 0.0900. The second kappa shape index (κ2) is 46.6. The lowest BCUT2D eigenvalue weighted by Crippen LogP contribution is -2.28. The van der Waals surface area contributed by atoms with Gasteiger partial charge >= 0.3 is 13.8 Å². The lowest BCUT2D eigenvalue weighted by atomic mass is 10.0. The summed E-state index contributed by atoms with van der Waals surface area (Å²) in [6.07, 6.45) is 50.0. The van der Waals surface area contributed by atoms with E-state index in [1.54, 1.807) is 0 Å². The molecule has 0 amide bonds. The highest BCUT2D eigenvalue weighted by atomic mass is 31.2. The monoisotopic (exact) mass is 832 g/mol. The molecular formula is C48H98NO7P. The van der Waals surface area contributed by atoms with Crippen molar-refractivity contribution >= 4 is 13.8 Å². The number of ether oxygens (including phenoxy) is 2. The lowest BCUT2D eigenvalue weighted by molar-refractivity contribution is -0.154. The topological polar surface area (TPSA) is 117 Å². The highest BCUT2D eigenvalue weighted by Crippen LogP contribution is 2.43. The van der Waals surface area contributed by atoms with Crippen LogP contribution in [0, 0.1) is 0 Å². The van der Waals surface area contributed by atoms with Crippen molar-refractivity contribution in [3.8, 4) is 0 Å². The van der Waals surface area contributed by atoms with Gasteiger partial charge in [0, 0.05) is 19.6 Å². The zero-order chi connectivity index (χ0) is 41.6. The first-order chi connectivity index (χ1) is 27.9. The number of carbonyl (C=O) groups is 1. The zero-order valence-electron chi connectivity index (χ0n) is 38.1. The van der Waals surface area contributed by atoms with Gasteiger partial charge in [0.25, 0.3) is 0 Å². The summed E-state index contributed by atoms with van der Waals surface area (Å²) >= 11 is 0. The Kier molecular flexibility index (Phi) is 46.2. The van der Waals surface area contributed by atoms with Crippen molar-refractivity contribution in [2.45, 2.75) is 270 Å². The summed E-state index contributed by atoms with van der Waals surface area (Å²) in [7, 11) is -4.27. The molecule has 342 valence electrons. The van der Waals surface area contributed by atoms with E-state index in [9.17, 15) is 14.3 Å². The number of hydrogen-bond acceptors (Lipinski definition) is 7. The van der Waals surface area contributed by atoms with E-state index in [2.05, 4.69) is 13.8 Å². The van der Waals surface area contributed by atoms with Crippen molar-refractivity contribution < 1.29 is 32.8 Å². The van der Waals surface area contributed by atoms with E-state index in [0.717, 1.165) is 32.1 Å². The molecule has 0 spiro atoms. The van der Waals surface area contributed by atoms with Gasteiger partial charge in [-0.3, -0.25) is 13.8 Å². The van der Waals surface area contributed by atoms with E-state index in [-0.39, 0.29) is 32.3 Å². The molecule has 3 N–H and O–H groups in total. The average Bonchev–Trinajstić information content (AvgIpc) is 3.20. The number of rotatable bonds is 49. The largest absolute Gasteiger partial charge is 0.472 e. The Morgan fingerprint density at radius 3 is 1.11 bits per heavy atom. The number of esters is 1. The van der Waals surface area contributed by atoms with Crippen molar-refractivity contribution in [2.75, 3.05) is 33.0 Å². The highest BCUT2D eigenvalue weighted by molar-refractivity contribution is 7.47. The Balaban J connectivity index is 3.79. The van der Waals surface area contributed by atoms with Crippen LogP contribution in [0.5, 0.6) is 0 Å². The lowest BCUT2D eigenvalue weighted by Gasteiger charge is -2.20. The smallest absolute Gasteiger partial charge is 0.457 e. The Bertz CT molecular complexity index is 848. The molecule has 57 heavy (non-hydrogen) atoms. The fourth-order valence-corrected chi connectivity index (χ4v) is 8.35. The van der Waals surface area contributed by atoms with Gasteiger partial charge < -0.3 is 20.1 Å². The van der Waals surface area contributed by atoms with Crippen LogP contribution in [-0.2, 0) is 27.9 Å². The van der Waals surface area contributed by atoms with Gasteiger partial charge in [-0.25, -0.2) is 4.57 Å². The van der Waals surface area contributed by atoms with Gasteiger partial charge in [-0.15, -0.1) is 0 Å². The Labute approximate surface area is 354 Å². The van der Waals surface area contributed by atoms with Gasteiger partial charge in [-0.05, 0) is 12.8 Å². The second-order valence-corrected chi connectivity index (χ2v) is 18.5. The molecule has 0 rings (SSSR count). The van der Waals surface area contributed by atoms with Crippen LogP contribution in [0.4, 0.5) is 0 Å². The van der Waals surface area contributed by atoms with Crippen LogP contribution < -0.4 is 5.73 Å². The minimum atomic E-state index is -4.27. The number of hydrogen-bond donors (Lipinski definition) is 2. The SMILES string of the molecule is CCCCCCCCCCCCCCCCCCCCCCCCCCCCOCC(COP(=O)(O)OCCN)OC(=O)CCCCCCCCCCCCCC. The maximum Gasteiger partial charge on any atom is 0.472 e. The third-order valence-corrected chi connectivity index (χ3v) is 12.3. The van der Waals surface area contributed by atoms with Crippen LogP contribution in [-0.4, -0.2) is 49.9 Å².